The van der Waals surface area contributed by atoms with E-state index in [0.717, 1.165) is 6.54 Å². The second kappa shape index (κ2) is 5.83. The van der Waals surface area contributed by atoms with Gasteiger partial charge in [0.05, 0.1) is 5.54 Å². The lowest BCUT2D eigenvalue weighted by atomic mass is 9.89. The molecule has 0 aromatic carbocycles. The second-order valence-electron chi connectivity index (χ2n) is 5.71. The van der Waals surface area contributed by atoms with Crippen molar-refractivity contribution in [2.45, 2.75) is 52.1 Å². The first-order chi connectivity index (χ1) is 7.87. The van der Waals surface area contributed by atoms with Crippen molar-refractivity contribution in [3.05, 3.63) is 0 Å². The average molecular weight is 242 g/mol. The van der Waals surface area contributed by atoms with Crippen molar-refractivity contribution in [3.63, 3.8) is 0 Å². The third kappa shape index (κ3) is 3.68. The van der Waals surface area contributed by atoms with E-state index in [-0.39, 0.29) is 11.9 Å². The topological polar surface area (TPSA) is 55.6 Å². The zero-order chi connectivity index (χ0) is 13.1. The Morgan fingerprint density at radius 2 is 1.82 bits per heavy atom. The van der Waals surface area contributed by atoms with Crippen LogP contribution in [0.2, 0.25) is 0 Å². The molecule has 4 nitrogen and oxygen atoms in total. The van der Waals surface area contributed by atoms with Gasteiger partial charge in [0.15, 0.2) is 0 Å². The Labute approximate surface area is 104 Å². The number of nitrogens with zero attached hydrogens (tertiary/aromatic N) is 1. The minimum absolute atomic E-state index is 0.0875. The van der Waals surface area contributed by atoms with Crippen molar-refractivity contribution >= 4 is 5.91 Å². The molecule has 1 fully saturated rings. The summed E-state index contributed by atoms with van der Waals surface area (Å²) < 4.78 is 5.29. The lowest BCUT2D eigenvalue weighted by Gasteiger charge is -2.39. The highest BCUT2D eigenvalue weighted by atomic mass is 16.5. The molecule has 1 saturated heterocycles. The normalized spacial score (nSPS) is 19.7. The van der Waals surface area contributed by atoms with Crippen molar-refractivity contribution in [3.8, 4) is 0 Å². The fraction of sp³-hybridized carbons (Fsp3) is 0.923. The smallest absolute Gasteiger partial charge is 0.243 e. The zero-order valence-electron chi connectivity index (χ0n) is 11.5. The predicted octanol–water partition coefficient (Wildman–Crippen LogP) is 1.39. The summed E-state index contributed by atoms with van der Waals surface area (Å²) in [5.74, 6) is 0.550. The number of amides is 1. The van der Waals surface area contributed by atoms with Crippen molar-refractivity contribution in [2.75, 3.05) is 19.8 Å². The van der Waals surface area contributed by atoms with Crippen LogP contribution in [0.3, 0.4) is 0 Å². The molecule has 2 N–H and O–H groups in total. The molecule has 1 amide bonds. The van der Waals surface area contributed by atoms with Gasteiger partial charge in [0.25, 0.3) is 0 Å². The van der Waals surface area contributed by atoms with Gasteiger partial charge in [-0.15, -0.1) is 0 Å². The fourth-order valence-electron chi connectivity index (χ4n) is 2.16. The lowest BCUT2D eigenvalue weighted by Crippen LogP contribution is -2.59. The van der Waals surface area contributed by atoms with Gasteiger partial charge in [-0.2, -0.15) is 0 Å². The molecule has 0 radical (unpaired) electrons. The van der Waals surface area contributed by atoms with Crippen LogP contribution < -0.4 is 5.73 Å². The van der Waals surface area contributed by atoms with Crippen LogP contribution in [0, 0.1) is 5.92 Å². The summed E-state index contributed by atoms with van der Waals surface area (Å²) in [6.07, 6.45) is 1.26. The Hall–Kier alpha value is -0.610. The van der Waals surface area contributed by atoms with Crippen LogP contribution >= 0.6 is 0 Å². The number of ether oxygens (including phenoxy) is 1. The molecule has 0 spiro atoms. The Balaban J connectivity index is 2.75. The first-order valence-corrected chi connectivity index (χ1v) is 6.54. The van der Waals surface area contributed by atoms with E-state index in [4.69, 9.17) is 10.5 Å². The molecule has 0 aromatic heterocycles. The van der Waals surface area contributed by atoms with E-state index in [1.165, 1.54) is 0 Å². The monoisotopic (exact) mass is 242 g/mol. The summed E-state index contributed by atoms with van der Waals surface area (Å²) in [6.45, 7) is 10.3. The quantitative estimate of drug-likeness (QED) is 0.810. The van der Waals surface area contributed by atoms with Gasteiger partial charge in [0.2, 0.25) is 5.91 Å². The molecule has 1 rings (SSSR count). The number of hydrogen-bond donors (Lipinski definition) is 1. The van der Waals surface area contributed by atoms with E-state index < -0.39 is 5.54 Å². The highest BCUT2D eigenvalue weighted by Crippen LogP contribution is 2.22. The molecule has 0 atom stereocenters. The third-order valence-corrected chi connectivity index (χ3v) is 3.26. The Morgan fingerprint density at radius 1 is 1.29 bits per heavy atom. The van der Waals surface area contributed by atoms with Crippen LogP contribution in [0.25, 0.3) is 0 Å². The molecule has 1 heterocycles. The number of nitrogens with two attached hydrogens (primary N) is 1. The first kappa shape index (κ1) is 14.5. The van der Waals surface area contributed by atoms with Gasteiger partial charge in [-0.1, -0.05) is 13.8 Å². The minimum atomic E-state index is -0.711. The minimum Gasteiger partial charge on any atom is -0.381 e. The van der Waals surface area contributed by atoms with Gasteiger partial charge in [-0.25, -0.2) is 0 Å². The van der Waals surface area contributed by atoms with E-state index in [2.05, 4.69) is 13.8 Å². The maximum atomic E-state index is 12.5. The summed E-state index contributed by atoms with van der Waals surface area (Å²) in [5, 5.41) is 0. The van der Waals surface area contributed by atoms with Crippen LogP contribution in [-0.2, 0) is 9.53 Å². The third-order valence-electron chi connectivity index (χ3n) is 3.26. The molecule has 1 aliphatic heterocycles. The lowest BCUT2D eigenvalue weighted by molar-refractivity contribution is -0.143. The van der Waals surface area contributed by atoms with Crippen molar-refractivity contribution in [1.29, 1.82) is 0 Å². The molecule has 4 heteroatoms. The largest absolute Gasteiger partial charge is 0.381 e. The number of carbonyl (C=O) groups is 1. The molecule has 0 aliphatic carbocycles. The standard InChI is InChI=1S/C13H26N2O2/c1-10(2)9-15(11(3)4)12(16)13(14)5-7-17-8-6-13/h10-11H,5-9,14H2,1-4H3. The highest BCUT2D eigenvalue weighted by molar-refractivity contribution is 5.86. The second-order valence-corrected chi connectivity index (χ2v) is 5.71. The summed E-state index contributed by atoms with van der Waals surface area (Å²) in [6, 6.07) is 0.202. The van der Waals surface area contributed by atoms with Crippen molar-refractivity contribution in [1.82, 2.24) is 4.90 Å². The maximum Gasteiger partial charge on any atom is 0.243 e. The van der Waals surface area contributed by atoms with Gasteiger partial charge in [0.1, 0.15) is 0 Å². The van der Waals surface area contributed by atoms with Gasteiger partial charge in [-0.3, -0.25) is 4.79 Å². The SMILES string of the molecule is CC(C)CN(C(=O)C1(N)CCOCC1)C(C)C. The molecule has 0 aromatic rings. The Kier molecular flexibility index (Phi) is 4.95. The van der Waals surface area contributed by atoms with E-state index in [1.807, 2.05) is 18.7 Å². The molecule has 0 unspecified atom stereocenters. The summed E-state index contributed by atoms with van der Waals surface area (Å²) >= 11 is 0. The summed E-state index contributed by atoms with van der Waals surface area (Å²) in [5.41, 5.74) is 5.53. The van der Waals surface area contributed by atoms with Gasteiger partial charge in [0, 0.05) is 25.8 Å². The molecular formula is C13H26N2O2. The van der Waals surface area contributed by atoms with E-state index >= 15 is 0 Å². The van der Waals surface area contributed by atoms with Crippen LogP contribution in [-0.4, -0.2) is 42.1 Å². The number of hydrogen-bond acceptors (Lipinski definition) is 3. The fourth-order valence-corrected chi connectivity index (χ4v) is 2.16. The van der Waals surface area contributed by atoms with Crippen LogP contribution in [0.4, 0.5) is 0 Å². The molecule has 17 heavy (non-hydrogen) atoms. The molecule has 100 valence electrons. The van der Waals surface area contributed by atoms with Crippen LogP contribution in [0.1, 0.15) is 40.5 Å². The number of rotatable bonds is 4. The first-order valence-electron chi connectivity index (χ1n) is 6.54. The van der Waals surface area contributed by atoms with E-state index in [0.29, 0.717) is 32.0 Å². The molecule has 1 aliphatic rings. The molecule has 0 bridgehead atoms. The summed E-state index contributed by atoms with van der Waals surface area (Å²) in [4.78, 5) is 14.5. The summed E-state index contributed by atoms with van der Waals surface area (Å²) in [7, 11) is 0. The predicted molar refractivity (Wildman–Crippen MR) is 68.7 cm³/mol. The highest BCUT2D eigenvalue weighted by Gasteiger charge is 2.39. The Bertz CT molecular complexity index is 258. The van der Waals surface area contributed by atoms with Crippen molar-refractivity contribution < 1.29 is 9.53 Å². The van der Waals surface area contributed by atoms with E-state index in [9.17, 15) is 4.79 Å². The van der Waals surface area contributed by atoms with Crippen molar-refractivity contribution in [2.24, 2.45) is 11.7 Å². The van der Waals surface area contributed by atoms with Crippen LogP contribution in [0.15, 0.2) is 0 Å². The number of carbonyl (C=O) groups excluding carboxylic acids is 1. The van der Waals surface area contributed by atoms with Gasteiger partial charge >= 0.3 is 0 Å². The zero-order valence-corrected chi connectivity index (χ0v) is 11.5. The Morgan fingerprint density at radius 3 is 2.24 bits per heavy atom. The van der Waals surface area contributed by atoms with Crippen LogP contribution in [0.5, 0.6) is 0 Å². The van der Waals surface area contributed by atoms with Gasteiger partial charge in [-0.05, 0) is 32.6 Å². The van der Waals surface area contributed by atoms with Gasteiger partial charge < -0.3 is 15.4 Å². The maximum absolute atomic E-state index is 12.5. The molecule has 0 saturated carbocycles. The van der Waals surface area contributed by atoms with E-state index in [1.54, 1.807) is 0 Å². The molecular weight excluding hydrogens is 216 g/mol. The average Bonchev–Trinajstić information content (AvgIpc) is 2.25.